The molecule has 0 aliphatic rings. The predicted molar refractivity (Wildman–Crippen MR) is 66.0 cm³/mol. The molecule has 0 bridgehead atoms. The molecule has 7 heteroatoms. The number of aromatic amines is 1. The van der Waals surface area contributed by atoms with Crippen LogP contribution in [0.15, 0.2) is 30.5 Å². The number of benzene rings is 1. The van der Waals surface area contributed by atoms with E-state index in [0.717, 1.165) is 6.07 Å². The summed E-state index contributed by atoms with van der Waals surface area (Å²) in [6.45, 7) is 0. The minimum Gasteiger partial charge on any atom is -0.508 e. The van der Waals surface area contributed by atoms with Gasteiger partial charge in [0.2, 0.25) is 5.91 Å². The SMILES string of the molecule is O=C(Cc1ccn[nH]1)Nc1ccc(O)cc1C(=O)O. The topological polar surface area (TPSA) is 115 Å². The van der Waals surface area contributed by atoms with Gasteiger partial charge in [0.05, 0.1) is 17.7 Å². The molecule has 1 aromatic carbocycles. The average molecular weight is 261 g/mol. The number of nitrogens with zero attached hydrogens (tertiary/aromatic N) is 1. The van der Waals surface area contributed by atoms with Crippen LogP contribution in [0, 0.1) is 0 Å². The summed E-state index contributed by atoms with van der Waals surface area (Å²) in [5.41, 5.74) is 0.584. The average Bonchev–Trinajstić information content (AvgIpc) is 2.83. The minimum absolute atomic E-state index is 0.0555. The van der Waals surface area contributed by atoms with Gasteiger partial charge in [-0.1, -0.05) is 0 Å². The molecule has 0 aliphatic heterocycles. The molecule has 19 heavy (non-hydrogen) atoms. The zero-order chi connectivity index (χ0) is 13.8. The van der Waals surface area contributed by atoms with Gasteiger partial charge in [-0.05, 0) is 24.3 Å². The van der Waals surface area contributed by atoms with Crippen LogP contribution in [0.1, 0.15) is 16.1 Å². The Hall–Kier alpha value is -2.83. The number of carbonyl (C=O) groups is 2. The van der Waals surface area contributed by atoms with E-state index >= 15 is 0 Å². The summed E-state index contributed by atoms with van der Waals surface area (Å²) in [5, 5.41) is 27.0. The molecule has 0 aliphatic carbocycles. The van der Waals surface area contributed by atoms with Gasteiger partial charge >= 0.3 is 5.97 Å². The van der Waals surface area contributed by atoms with Gasteiger partial charge in [-0.2, -0.15) is 5.10 Å². The van der Waals surface area contributed by atoms with Crippen molar-refractivity contribution in [2.24, 2.45) is 0 Å². The molecule has 1 amide bonds. The second-order valence-electron chi connectivity index (χ2n) is 3.84. The van der Waals surface area contributed by atoms with E-state index in [-0.39, 0.29) is 29.3 Å². The maximum atomic E-state index is 11.7. The van der Waals surface area contributed by atoms with Crippen molar-refractivity contribution in [1.82, 2.24) is 10.2 Å². The number of carbonyl (C=O) groups excluding carboxylic acids is 1. The molecule has 0 radical (unpaired) electrons. The lowest BCUT2D eigenvalue weighted by Gasteiger charge is -2.08. The molecule has 7 nitrogen and oxygen atoms in total. The standard InChI is InChI=1S/C12H11N3O4/c16-8-1-2-10(9(6-8)12(18)19)14-11(17)5-7-3-4-13-15-7/h1-4,6,16H,5H2,(H,13,15)(H,14,17)(H,18,19). The molecule has 2 rings (SSSR count). The van der Waals surface area contributed by atoms with Crippen LogP contribution in [0.5, 0.6) is 5.75 Å². The van der Waals surface area contributed by atoms with E-state index in [1.165, 1.54) is 18.3 Å². The van der Waals surface area contributed by atoms with Crippen molar-refractivity contribution in [3.05, 3.63) is 41.7 Å². The van der Waals surface area contributed by atoms with Crippen molar-refractivity contribution in [2.75, 3.05) is 5.32 Å². The number of hydrogen-bond acceptors (Lipinski definition) is 4. The van der Waals surface area contributed by atoms with Crippen LogP contribution < -0.4 is 5.32 Å². The van der Waals surface area contributed by atoms with Gasteiger partial charge in [0.15, 0.2) is 0 Å². The summed E-state index contributed by atoms with van der Waals surface area (Å²) in [6.07, 6.45) is 1.58. The van der Waals surface area contributed by atoms with Crippen LogP contribution in [-0.4, -0.2) is 32.3 Å². The van der Waals surface area contributed by atoms with Crippen molar-refractivity contribution in [3.63, 3.8) is 0 Å². The second-order valence-corrected chi connectivity index (χ2v) is 3.84. The Morgan fingerprint density at radius 2 is 2.11 bits per heavy atom. The van der Waals surface area contributed by atoms with Crippen molar-refractivity contribution in [2.45, 2.75) is 6.42 Å². The first-order chi connectivity index (χ1) is 9.06. The Balaban J connectivity index is 2.14. The maximum absolute atomic E-state index is 11.7. The van der Waals surface area contributed by atoms with E-state index < -0.39 is 5.97 Å². The first-order valence-corrected chi connectivity index (χ1v) is 5.40. The predicted octanol–water partition coefficient (Wildman–Crippen LogP) is 0.995. The monoisotopic (exact) mass is 261 g/mol. The molecule has 0 saturated heterocycles. The van der Waals surface area contributed by atoms with Crippen molar-refractivity contribution in [1.29, 1.82) is 0 Å². The molecule has 2 aromatic rings. The largest absolute Gasteiger partial charge is 0.508 e. The molecular weight excluding hydrogens is 250 g/mol. The normalized spacial score (nSPS) is 10.1. The Labute approximate surface area is 107 Å². The number of hydrogen-bond donors (Lipinski definition) is 4. The quantitative estimate of drug-likeness (QED) is 0.613. The van der Waals surface area contributed by atoms with Crippen LogP contribution >= 0.6 is 0 Å². The number of aromatic hydroxyl groups is 1. The Kier molecular flexibility index (Phi) is 3.46. The molecule has 0 saturated carbocycles. The third-order valence-electron chi connectivity index (χ3n) is 2.42. The molecular formula is C12H11N3O4. The van der Waals surface area contributed by atoms with Gasteiger partial charge in [-0.3, -0.25) is 9.89 Å². The number of amides is 1. The highest BCUT2D eigenvalue weighted by molar-refractivity contribution is 6.01. The van der Waals surface area contributed by atoms with E-state index in [2.05, 4.69) is 15.5 Å². The molecule has 1 heterocycles. The van der Waals surface area contributed by atoms with Crippen molar-refractivity contribution in [3.8, 4) is 5.75 Å². The van der Waals surface area contributed by atoms with Gasteiger partial charge < -0.3 is 15.5 Å². The van der Waals surface area contributed by atoms with Crippen molar-refractivity contribution < 1.29 is 19.8 Å². The summed E-state index contributed by atoms with van der Waals surface area (Å²) >= 11 is 0. The van der Waals surface area contributed by atoms with Gasteiger partial charge in [0.1, 0.15) is 5.75 Å². The molecule has 0 unspecified atom stereocenters. The summed E-state index contributed by atoms with van der Waals surface area (Å²) in [7, 11) is 0. The Morgan fingerprint density at radius 3 is 2.74 bits per heavy atom. The number of phenols is 1. The minimum atomic E-state index is -1.23. The lowest BCUT2D eigenvalue weighted by atomic mass is 10.1. The number of nitrogens with one attached hydrogen (secondary N) is 2. The van der Waals surface area contributed by atoms with E-state index in [9.17, 15) is 14.7 Å². The van der Waals surface area contributed by atoms with Crippen LogP contribution in [0.3, 0.4) is 0 Å². The first-order valence-electron chi connectivity index (χ1n) is 5.40. The summed E-state index contributed by atoms with van der Waals surface area (Å²) in [6, 6.07) is 5.37. The molecule has 0 spiro atoms. The van der Waals surface area contributed by atoms with E-state index in [0.29, 0.717) is 5.69 Å². The van der Waals surface area contributed by atoms with E-state index in [1.807, 2.05) is 0 Å². The number of phenolic OH excluding ortho intramolecular Hbond substituents is 1. The van der Waals surface area contributed by atoms with Crippen LogP contribution in [0.4, 0.5) is 5.69 Å². The highest BCUT2D eigenvalue weighted by Gasteiger charge is 2.13. The number of aromatic nitrogens is 2. The fourth-order valence-electron chi connectivity index (χ4n) is 1.57. The summed E-state index contributed by atoms with van der Waals surface area (Å²) in [5.74, 6) is -1.78. The highest BCUT2D eigenvalue weighted by atomic mass is 16.4. The van der Waals surface area contributed by atoms with Gasteiger partial charge in [0.25, 0.3) is 0 Å². The van der Waals surface area contributed by atoms with E-state index in [4.69, 9.17) is 5.11 Å². The summed E-state index contributed by atoms with van der Waals surface area (Å²) < 4.78 is 0. The fourth-order valence-corrected chi connectivity index (χ4v) is 1.57. The lowest BCUT2D eigenvalue weighted by molar-refractivity contribution is -0.115. The number of aromatic carboxylic acids is 1. The van der Waals surface area contributed by atoms with Gasteiger partial charge in [-0.25, -0.2) is 4.79 Å². The molecule has 98 valence electrons. The molecule has 0 atom stereocenters. The van der Waals surface area contributed by atoms with Crippen molar-refractivity contribution >= 4 is 17.6 Å². The maximum Gasteiger partial charge on any atom is 0.337 e. The van der Waals surface area contributed by atoms with Crippen LogP contribution in [0.2, 0.25) is 0 Å². The zero-order valence-electron chi connectivity index (χ0n) is 9.75. The molecule has 1 aromatic heterocycles. The van der Waals surface area contributed by atoms with Crippen LogP contribution in [0.25, 0.3) is 0 Å². The van der Waals surface area contributed by atoms with Gasteiger partial charge in [0, 0.05) is 11.9 Å². The smallest absolute Gasteiger partial charge is 0.337 e. The number of anilines is 1. The Morgan fingerprint density at radius 1 is 1.32 bits per heavy atom. The van der Waals surface area contributed by atoms with Gasteiger partial charge in [-0.15, -0.1) is 0 Å². The first kappa shape index (κ1) is 12.6. The second kappa shape index (κ2) is 5.21. The number of rotatable bonds is 4. The van der Waals surface area contributed by atoms with Crippen LogP contribution in [-0.2, 0) is 11.2 Å². The molecule has 4 N–H and O–H groups in total. The highest BCUT2D eigenvalue weighted by Crippen LogP contribution is 2.21. The number of carboxylic acid groups (broad SMARTS) is 1. The third-order valence-corrected chi connectivity index (χ3v) is 2.42. The molecule has 0 fully saturated rings. The Bertz CT molecular complexity index is 607. The summed E-state index contributed by atoms with van der Waals surface area (Å²) in [4.78, 5) is 22.7. The third kappa shape index (κ3) is 3.09. The fraction of sp³-hybridized carbons (Fsp3) is 0.0833. The lowest BCUT2D eigenvalue weighted by Crippen LogP contribution is -2.17. The number of carboxylic acids is 1. The number of H-pyrrole nitrogens is 1. The van der Waals surface area contributed by atoms with E-state index in [1.54, 1.807) is 6.07 Å². The zero-order valence-corrected chi connectivity index (χ0v) is 9.75.